The van der Waals surface area contributed by atoms with E-state index in [0.29, 0.717) is 5.41 Å². The van der Waals surface area contributed by atoms with Crippen molar-refractivity contribution in [2.75, 3.05) is 0 Å². The van der Waals surface area contributed by atoms with Crippen molar-refractivity contribution < 1.29 is 0 Å². The van der Waals surface area contributed by atoms with E-state index in [2.05, 4.69) is 26.5 Å². The lowest BCUT2D eigenvalue weighted by Crippen LogP contribution is -2.20. The molecular formula is C11H20. The Balaban J connectivity index is 2.30. The van der Waals surface area contributed by atoms with Crippen molar-refractivity contribution in [1.82, 2.24) is 0 Å². The van der Waals surface area contributed by atoms with Crippen LogP contribution in [0.25, 0.3) is 0 Å². The van der Waals surface area contributed by atoms with Crippen molar-refractivity contribution >= 4 is 0 Å². The van der Waals surface area contributed by atoms with E-state index < -0.39 is 0 Å². The van der Waals surface area contributed by atoms with Gasteiger partial charge in [-0.15, -0.1) is 6.58 Å². The molecule has 0 N–H and O–H groups in total. The molecule has 0 nitrogen and oxygen atoms in total. The first-order valence-electron chi connectivity index (χ1n) is 4.75. The molecule has 0 amide bonds. The summed E-state index contributed by atoms with van der Waals surface area (Å²) in [4.78, 5) is 0. The Hall–Kier alpha value is -0.260. The maximum Gasteiger partial charge on any atom is -0.0325 e. The van der Waals surface area contributed by atoms with Crippen LogP contribution < -0.4 is 0 Å². The van der Waals surface area contributed by atoms with E-state index in [4.69, 9.17) is 0 Å². The molecule has 0 radical (unpaired) electrons. The summed E-state index contributed by atoms with van der Waals surface area (Å²) < 4.78 is 0. The highest BCUT2D eigenvalue weighted by atomic mass is 14.3. The van der Waals surface area contributed by atoms with Gasteiger partial charge in [-0.05, 0) is 43.4 Å². The van der Waals surface area contributed by atoms with Gasteiger partial charge in [0.05, 0.1) is 0 Å². The minimum atomic E-state index is 0.623. The highest BCUT2D eigenvalue weighted by Crippen LogP contribution is 2.39. The third-order valence-electron chi connectivity index (χ3n) is 2.96. The Morgan fingerprint density at radius 2 is 1.91 bits per heavy atom. The van der Waals surface area contributed by atoms with Crippen LogP contribution in [-0.4, -0.2) is 0 Å². The number of allylic oxidation sites excluding steroid dienone is 1. The largest absolute Gasteiger partial charge is 0.103 e. The summed E-state index contributed by atoms with van der Waals surface area (Å²) in [7, 11) is 0. The predicted octanol–water partition coefficient (Wildman–Crippen LogP) is 3.78. The highest BCUT2D eigenvalue weighted by molar-refractivity contribution is 4.82. The Morgan fingerprint density at radius 3 is 2.36 bits per heavy atom. The molecule has 0 spiro atoms. The molecule has 0 aromatic heterocycles. The lowest BCUT2D eigenvalue weighted by Gasteiger charge is -2.33. The van der Waals surface area contributed by atoms with Crippen LogP contribution in [0.15, 0.2) is 12.7 Å². The third-order valence-corrected chi connectivity index (χ3v) is 2.96. The molecule has 1 rings (SSSR count). The smallest absolute Gasteiger partial charge is 0.0325 e. The fraction of sp³-hybridized carbons (Fsp3) is 0.818. The van der Waals surface area contributed by atoms with Crippen molar-refractivity contribution in [3.05, 3.63) is 12.7 Å². The zero-order valence-electron chi connectivity index (χ0n) is 7.90. The summed E-state index contributed by atoms with van der Waals surface area (Å²) in [5.41, 5.74) is 0.623. The molecule has 1 aliphatic carbocycles. The van der Waals surface area contributed by atoms with E-state index in [0.717, 1.165) is 5.92 Å². The Bertz CT molecular complexity index is 123. The molecule has 0 aromatic rings. The first-order chi connectivity index (χ1) is 5.14. The average molecular weight is 152 g/mol. The summed E-state index contributed by atoms with van der Waals surface area (Å²) in [5.74, 6) is 0.945. The first kappa shape index (κ1) is 8.83. The predicted molar refractivity (Wildman–Crippen MR) is 50.6 cm³/mol. The highest BCUT2D eigenvalue weighted by Gasteiger charge is 2.25. The van der Waals surface area contributed by atoms with Gasteiger partial charge in [0, 0.05) is 0 Å². The minimum absolute atomic E-state index is 0.623. The van der Waals surface area contributed by atoms with Gasteiger partial charge in [0.1, 0.15) is 0 Å². The van der Waals surface area contributed by atoms with Crippen LogP contribution in [0.2, 0.25) is 0 Å². The number of hydrogen-bond acceptors (Lipinski definition) is 0. The molecule has 11 heavy (non-hydrogen) atoms. The van der Waals surface area contributed by atoms with Crippen LogP contribution in [-0.2, 0) is 0 Å². The zero-order chi connectivity index (χ0) is 8.32. The van der Waals surface area contributed by atoms with Crippen LogP contribution in [0.1, 0.15) is 46.0 Å². The van der Waals surface area contributed by atoms with Crippen LogP contribution >= 0.6 is 0 Å². The molecule has 0 unspecified atom stereocenters. The molecule has 1 fully saturated rings. The molecule has 0 heterocycles. The van der Waals surface area contributed by atoms with Gasteiger partial charge >= 0.3 is 0 Å². The summed E-state index contributed by atoms with van der Waals surface area (Å²) in [5, 5.41) is 0. The summed E-state index contributed by atoms with van der Waals surface area (Å²) in [6.45, 7) is 8.56. The monoisotopic (exact) mass is 152 g/mol. The molecule has 0 aliphatic heterocycles. The first-order valence-corrected chi connectivity index (χ1v) is 4.75. The Morgan fingerprint density at radius 1 is 1.36 bits per heavy atom. The van der Waals surface area contributed by atoms with Crippen LogP contribution in [0, 0.1) is 11.3 Å². The number of rotatable bonds is 2. The second kappa shape index (κ2) is 3.42. The standard InChI is InChI=1S/C11H20/c1-4-5-10-6-8-11(2,3)9-7-10/h4,10H,1,5-9H2,2-3H3. The van der Waals surface area contributed by atoms with Gasteiger partial charge in [-0.2, -0.15) is 0 Å². The molecule has 0 bridgehead atoms. The quantitative estimate of drug-likeness (QED) is 0.528. The molecular weight excluding hydrogens is 132 g/mol. The molecule has 1 saturated carbocycles. The fourth-order valence-corrected chi connectivity index (χ4v) is 1.93. The third kappa shape index (κ3) is 2.69. The van der Waals surface area contributed by atoms with Crippen LogP contribution in [0.5, 0.6) is 0 Å². The van der Waals surface area contributed by atoms with Gasteiger partial charge in [0.25, 0.3) is 0 Å². The van der Waals surface area contributed by atoms with Gasteiger partial charge in [0.2, 0.25) is 0 Å². The van der Waals surface area contributed by atoms with Crippen molar-refractivity contribution in [3.63, 3.8) is 0 Å². The summed E-state index contributed by atoms with van der Waals surface area (Å²) in [6, 6.07) is 0. The topological polar surface area (TPSA) is 0 Å². The maximum atomic E-state index is 3.79. The SMILES string of the molecule is C=CCC1CCC(C)(C)CC1. The molecule has 0 saturated heterocycles. The van der Waals surface area contributed by atoms with Gasteiger partial charge in [-0.1, -0.05) is 19.9 Å². The van der Waals surface area contributed by atoms with Gasteiger partial charge in [-0.3, -0.25) is 0 Å². The minimum Gasteiger partial charge on any atom is -0.103 e. The average Bonchev–Trinajstić information content (AvgIpc) is 1.94. The second-order valence-corrected chi connectivity index (χ2v) is 4.63. The van der Waals surface area contributed by atoms with E-state index in [1.54, 1.807) is 0 Å². The molecule has 0 heteroatoms. The zero-order valence-corrected chi connectivity index (χ0v) is 7.90. The van der Waals surface area contributed by atoms with Gasteiger partial charge in [0.15, 0.2) is 0 Å². The van der Waals surface area contributed by atoms with Crippen molar-refractivity contribution in [1.29, 1.82) is 0 Å². The van der Waals surface area contributed by atoms with Gasteiger partial charge in [-0.25, -0.2) is 0 Å². The van der Waals surface area contributed by atoms with E-state index in [9.17, 15) is 0 Å². The molecule has 0 atom stereocenters. The molecule has 64 valence electrons. The number of hydrogen-bond donors (Lipinski definition) is 0. The van der Waals surface area contributed by atoms with Crippen LogP contribution in [0.4, 0.5) is 0 Å². The van der Waals surface area contributed by atoms with E-state index in [1.165, 1.54) is 32.1 Å². The van der Waals surface area contributed by atoms with Crippen LogP contribution in [0.3, 0.4) is 0 Å². The Kier molecular flexibility index (Phi) is 2.75. The van der Waals surface area contributed by atoms with Crippen molar-refractivity contribution in [2.24, 2.45) is 11.3 Å². The molecule has 0 aromatic carbocycles. The van der Waals surface area contributed by atoms with E-state index in [-0.39, 0.29) is 0 Å². The lowest BCUT2D eigenvalue weighted by molar-refractivity contribution is 0.192. The fourth-order valence-electron chi connectivity index (χ4n) is 1.93. The van der Waals surface area contributed by atoms with Crippen molar-refractivity contribution in [3.8, 4) is 0 Å². The van der Waals surface area contributed by atoms with Crippen molar-refractivity contribution in [2.45, 2.75) is 46.0 Å². The van der Waals surface area contributed by atoms with E-state index in [1.807, 2.05) is 0 Å². The second-order valence-electron chi connectivity index (χ2n) is 4.63. The normalized spacial score (nSPS) is 24.9. The summed E-state index contributed by atoms with van der Waals surface area (Å²) in [6.07, 6.45) is 8.95. The molecule has 1 aliphatic rings. The lowest BCUT2D eigenvalue weighted by atomic mass is 9.72. The maximum absolute atomic E-state index is 3.79. The summed E-state index contributed by atoms with van der Waals surface area (Å²) >= 11 is 0. The Labute approximate surface area is 70.7 Å². The van der Waals surface area contributed by atoms with Gasteiger partial charge < -0.3 is 0 Å². The van der Waals surface area contributed by atoms with E-state index >= 15 is 0 Å².